The van der Waals surface area contributed by atoms with E-state index < -0.39 is 5.92 Å². The number of ketones is 2. The van der Waals surface area contributed by atoms with Crippen molar-refractivity contribution in [3.63, 3.8) is 0 Å². The number of ether oxygens (including phenoxy) is 2. The predicted octanol–water partition coefficient (Wildman–Crippen LogP) is 3.04. The van der Waals surface area contributed by atoms with E-state index in [9.17, 15) is 9.59 Å². The summed E-state index contributed by atoms with van der Waals surface area (Å²) in [4.78, 5) is 22.5. The van der Waals surface area contributed by atoms with Gasteiger partial charge in [-0.25, -0.2) is 0 Å². The van der Waals surface area contributed by atoms with Crippen LogP contribution in [0.1, 0.15) is 33.1 Å². The molecule has 1 aromatic carbocycles. The van der Waals surface area contributed by atoms with Gasteiger partial charge in [-0.1, -0.05) is 0 Å². The summed E-state index contributed by atoms with van der Waals surface area (Å²) in [5.41, 5.74) is 0. The third-order valence-electron chi connectivity index (χ3n) is 3.20. The number of benzene rings is 1. The summed E-state index contributed by atoms with van der Waals surface area (Å²) < 4.78 is 10.6. The normalized spacial score (nSPS) is 10.4. The van der Waals surface area contributed by atoms with Gasteiger partial charge in [0.1, 0.15) is 23.1 Å². The second kappa shape index (κ2) is 8.35. The molecule has 4 heteroatoms. The van der Waals surface area contributed by atoms with Crippen LogP contribution in [0.4, 0.5) is 0 Å². The van der Waals surface area contributed by atoms with Gasteiger partial charge in [-0.05, 0) is 57.4 Å². The van der Waals surface area contributed by atoms with Crippen LogP contribution in [0.25, 0.3) is 0 Å². The Morgan fingerprint density at radius 3 is 2.05 bits per heavy atom. The topological polar surface area (TPSA) is 52.6 Å². The average Bonchev–Trinajstić information content (AvgIpc) is 2.42. The number of hydrogen-bond acceptors (Lipinski definition) is 4. The first-order valence-corrected chi connectivity index (χ1v) is 6.82. The third-order valence-corrected chi connectivity index (χ3v) is 3.20. The molecule has 0 saturated carbocycles. The second-order valence-corrected chi connectivity index (χ2v) is 4.79. The molecule has 0 saturated heterocycles. The van der Waals surface area contributed by atoms with Crippen LogP contribution >= 0.6 is 0 Å². The van der Waals surface area contributed by atoms with Crippen LogP contribution in [0.2, 0.25) is 0 Å². The molecule has 20 heavy (non-hydrogen) atoms. The van der Waals surface area contributed by atoms with Crippen LogP contribution in [-0.4, -0.2) is 25.3 Å². The molecule has 0 aromatic heterocycles. The number of methoxy groups -OCH3 is 1. The molecule has 0 amide bonds. The van der Waals surface area contributed by atoms with Crippen LogP contribution in [0, 0.1) is 5.92 Å². The molecule has 0 aliphatic heterocycles. The first-order chi connectivity index (χ1) is 9.54. The number of rotatable bonds is 9. The Hall–Kier alpha value is -1.84. The van der Waals surface area contributed by atoms with Crippen LogP contribution < -0.4 is 9.47 Å². The van der Waals surface area contributed by atoms with Gasteiger partial charge in [0, 0.05) is 0 Å². The van der Waals surface area contributed by atoms with Gasteiger partial charge in [-0.15, -0.1) is 0 Å². The second-order valence-electron chi connectivity index (χ2n) is 4.79. The van der Waals surface area contributed by atoms with Crippen LogP contribution in [0.15, 0.2) is 24.3 Å². The van der Waals surface area contributed by atoms with E-state index in [1.807, 2.05) is 24.3 Å². The average molecular weight is 278 g/mol. The first kappa shape index (κ1) is 16.2. The number of hydrogen-bond donors (Lipinski definition) is 0. The highest BCUT2D eigenvalue weighted by atomic mass is 16.5. The summed E-state index contributed by atoms with van der Waals surface area (Å²) in [5.74, 6) is 1.04. The number of carbonyl (C=O) groups is 2. The summed E-state index contributed by atoms with van der Waals surface area (Å²) in [6, 6.07) is 7.40. The van der Waals surface area contributed by atoms with Gasteiger partial charge >= 0.3 is 0 Å². The molecule has 0 spiro atoms. The van der Waals surface area contributed by atoms with Gasteiger partial charge in [0.2, 0.25) is 0 Å². The van der Waals surface area contributed by atoms with Gasteiger partial charge in [0.15, 0.2) is 0 Å². The number of Topliss-reactive ketones (excluding diaryl/α,β-unsaturated/α-hetero) is 2. The maximum atomic E-state index is 11.3. The van der Waals surface area contributed by atoms with Gasteiger partial charge in [-0.2, -0.15) is 0 Å². The monoisotopic (exact) mass is 278 g/mol. The maximum Gasteiger partial charge on any atom is 0.140 e. The number of carbonyl (C=O) groups excluding carboxylic acids is 2. The van der Waals surface area contributed by atoms with Crippen molar-refractivity contribution in [1.82, 2.24) is 0 Å². The Kier molecular flexibility index (Phi) is 6.77. The van der Waals surface area contributed by atoms with Crippen molar-refractivity contribution in [1.29, 1.82) is 0 Å². The molecule has 0 aliphatic rings. The molecule has 1 aromatic rings. The molecule has 4 nitrogen and oxygen atoms in total. The molecule has 0 N–H and O–H groups in total. The molecule has 0 unspecified atom stereocenters. The summed E-state index contributed by atoms with van der Waals surface area (Å²) in [6.45, 7) is 3.52. The fourth-order valence-corrected chi connectivity index (χ4v) is 2.01. The largest absolute Gasteiger partial charge is 0.497 e. The lowest BCUT2D eigenvalue weighted by Crippen LogP contribution is -2.19. The smallest absolute Gasteiger partial charge is 0.140 e. The van der Waals surface area contributed by atoms with Crippen molar-refractivity contribution in [3.05, 3.63) is 24.3 Å². The molecular weight excluding hydrogens is 256 g/mol. The van der Waals surface area contributed by atoms with E-state index in [1.165, 1.54) is 13.8 Å². The molecule has 0 heterocycles. The Bertz CT molecular complexity index is 422. The Labute approximate surface area is 120 Å². The zero-order valence-corrected chi connectivity index (χ0v) is 12.3. The highest BCUT2D eigenvalue weighted by Gasteiger charge is 2.18. The quantitative estimate of drug-likeness (QED) is 0.514. The van der Waals surface area contributed by atoms with Gasteiger partial charge < -0.3 is 9.47 Å². The summed E-state index contributed by atoms with van der Waals surface area (Å²) >= 11 is 0. The molecule has 110 valence electrons. The summed E-state index contributed by atoms with van der Waals surface area (Å²) in [7, 11) is 1.62. The minimum absolute atomic E-state index is 0.0476. The standard InChI is InChI=1S/C16H22O4/c1-12(17)16(13(2)18)6-4-5-11-20-15-9-7-14(19-3)8-10-15/h7-10,16H,4-6,11H2,1-3H3. The predicted molar refractivity (Wildman–Crippen MR) is 77.2 cm³/mol. The van der Waals surface area contributed by atoms with Crippen molar-refractivity contribution < 1.29 is 19.1 Å². The number of unbranched alkanes of at least 4 members (excludes halogenated alkanes) is 1. The van der Waals surface area contributed by atoms with Crippen molar-refractivity contribution in [3.8, 4) is 11.5 Å². The van der Waals surface area contributed by atoms with Crippen LogP contribution in [0.3, 0.4) is 0 Å². The van der Waals surface area contributed by atoms with Crippen molar-refractivity contribution in [2.75, 3.05) is 13.7 Å². The molecule has 0 aliphatic carbocycles. The van der Waals surface area contributed by atoms with E-state index in [2.05, 4.69) is 0 Å². The zero-order valence-electron chi connectivity index (χ0n) is 12.3. The van der Waals surface area contributed by atoms with Crippen LogP contribution in [-0.2, 0) is 9.59 Å². The Morgan fingerprint density at radius 2 is 1.55 bits per heavy atom. The molecule has 1 rings (SSSR count). The van der Waals surface area contributed by atoms with E-state index in [0.29, 0.717) is 13.0 Å². The lowest BCUT2D eigenvalue weighted by molar-refractivity contribution is -0.130. The third kappa shape index (κ3) is 5.43. The molecule has 0 bridgehead atoms. The van der Waals surface area contributed by atoms with Crippen molar-refractivity contribution in [2.24, 2.45) is 5.92 Å². The molecule has 0 atom stereocenters. The van der Waals surface area contributed by atoms with E-state index in [1.54, 1.807) is 7.11 Å². The highest BCUT2D eigenvalue weighted by molar-refractivity contribution is 6.00. The summed E-state index contributed by atoms with van der Waals surface area (Å²) in [6.07, 6.45) is 2.24. The lowest BCUT2D eigenvalue weighted by Gasteiger charge is -2.10. The van der Waals surface area contributed by atoms with E-state index in [-0.39, 0.29) is 11.6 Å². The molecular formula is C16H22O4. The molecule has 0 radical (unpaired) electrons. The van der Waals surface area contributed by atoms with Crippen LogP contribution in [0.5, 0.6) is 11.5 Å². The fraction of sp³-hybridized carbons (Fsp3) is 0.500. The van der Waals surface area contributed by atoms with Crippen molar-refractivity contribution in [2.45, 2.75) is 33.1 Å². The van der Waals surface area contributed by atoms with Crippen molar-refractivity contribution >= 4 is 11.6 Å². The minimum Gasteiger partial charge on any atom is -0.497 e. The van der Waals surface area contributed by atoms with Gasteiger partial charge in [0.05, 0.1) is 19.6 Å². The minimum atomic E-state index is -0.448. The van der Waals surface area contributed by atoms with E-state index >= 15 is 0 Å². The SMILES string of the molecule is COc1ccc(OCCCCC(C(C)=O)C(C)=O)cc1. The summed E-state index contributed by atoms with van der Waals surface area (Å²) in [5, 5.41) is 0. The zero-order chi connectivity index (χ0) is 15.0. The van der Waals surface area contributed by atoms with E-state index in [4.69, 9.17) is 9.47 Å². The Balaban J connectivity index is 2.24. The fourth-order valence-electron chi connectivity index (χ4n) is 2.01. The lowest BCUT2D eigenvalue weighted by atomic mass is 9.94. The maximum absolute atomic E-state index is 11.3. The Morgan fingerprint density at radius 1 is 1.00 bits per heavy atom. The highest BCUT2D eigenvalue weighted by Crippen LogP contribution is 2.17. The van der Waals surface area contributed by atoms with Gasteiger partial charge in [0.25, 0.3) is 0 Å². The van der Waals surface area contributed by atoms with Gasteiger partial charge in [-0.3, -0.25) is 9.59 Å². The first-order valence-electron chi connectivity index (χ1n) is 6.82. The molecule has 0 fully saturated rings. The van der Waals surface area contributed by atoms with E-state index in [0.717, 1.165) is 24.3 Å².